The van der Waals surface area contributed by atoms with Crippen molar-refractivity contribution in [2.45, 2.75) is 6.92 Å². The first-order valence-corrected chi connectivity index (χ1v) is 6.38. The average Bonchev–Trinajstić information content (AvgIpc) is 2.48. The third-order valence-corrected chi connectivity index (χ3v) is 2.84. The third kappa shape index (κ3) is 3.48. The Balaban J connectivity index is 2.13. The maximum Gasteiger partial charge on any atom is 0.187 e. The van der Waals surface area contributed by atoms with E-state index in [0.717, 1.165) is 17.1 Å². The van der Waals surface area contributed by atoms with Gasteiger partial charge in [0.1, 0.15) is 5.75 Å². The van der Waals surface area contributed by atoms with Crippen molar-refractivity contribution in [1.82, 2.24) is 0 Å². The Morgan fingerprint density at radius 2 is 1.70 bits per heavy atom. The number of hydrogen-bond donors (Lipinski definition) is 1. The van der Waals surface area contributed by atoms with E-state index < -0.39 is 0 Å². The molecule has 0 saturated heterocycles. The summed E-state index contributed by atoms with van der Waals surface area (Å²) >= 11 is 0. The van der Waals surface area contributed by atoms with Crippen LogP contribution in [0.3, 0.4) is 0 Å². The van der Waals surface area contributed by atoms with Crippen molar-refractivity contribution in [1.29, 1.82) is 0 Å². The largest absolute Gasteiger partial charge is 0.495 e. The summed E-state index contributed by atoms with van der Waals surface area (Å²) in [5.41, 5.74) is 2.28. The molecule has 0 aliphatic heterocycles. The molecule has 0 unspecified atom stereocenters. The zero-order valence-corrected chi connectivity index (χ0v) is 11.6. The van der Waals surface area contributed by atoms with Crippen molar-refractivity contribution in [3.8, 4) is 5.75 Å². The number of hydrogen-bond acceptors (Lipinski definition) is 3. The normalized spacial score (nSPS) is 11.0. The van der Waals surface area contributed by atoms with Crippen LogP contribution in [0.5, 0.6) is 5.75 Å². The zero-order chi connectivity index (χ0) is 14.4. The highest BCUT2D eigenvalue weighted by atomic mass is 16.5. The second-order valence-electron chi connectivity index (χ2n) is 4.38. The minimum absolute atomic E-state index is 0.0227. The number of ketones is 1. The number of rotatable bonds is 5. The van der Waals surface area contributed by atoms with E-state index in [1.165, 1.54) is 0 Å². The van der Waals surface area contributed by atoms with Crippen LogP contribution in [0.25, 0.3) is 0 Å². The van der Waals surface area contributed by atoms with Crippen LogP contribution in [0.2, 0.25) is 0 Å². The molecule has 2 aromatic carbocycles. The molecule has 0 bridgehead atoms. The minimum atomic E-state index is -0.0227. The highest BCUT2D eigenvalue weighted by Crippen LogP contribution is 2.24. The van der Waals surface area contributed by atoms with Crippen LogP contribution in [0, 0.1) is 0 Å². The molecule has 0 saturated carbocycles. The second kappa shape index (κ2) is 6.57. The van der Waals surface area contributed by atoms with E-state index >= 15 is 0 Å². The van der Waals surface area contributed by atoms with Gasteiger partial charge in [0.15, 0.2) is 5.78 Å². The average molecular weight is 267 g/mol. The van der Waals surface area contributed by atoms with E-state index in [0.29, 0.717) is 5.56 Å². The van der Waals surface area contributed by atoms with Crippen molar-refractivity contribution < 1.29 is 9.53 Å². The standard InChI is InChI=1S/C17H17NO2/c1-13(12-16(19)14-8-4-3-5-9-14)18-15-10-6-7-11-17(15)20-2/h3-12,18H,1-2H3/b13-12-. The molecule has 2 rings (SSSR count). The lowest BCUT2D eigenvalue weighted by Crippen LogP contribution is -2.02. The molecule has 0 aliphatic carbocycles. The highest BCUT2D eigenvalue weighted by Gasteiger charge is 2.04. The van der Waals surface area contributed by atoms with Crippen LogP contribution in [0.4, 0.5) is 5.69 Å². The summed E-state index contributed by atoms with van der Waals surface area (Å²) in [5, 5.41) is 3.18. The molecule has 0 spiro atoms. The van der Waals surface area contributed by atoms with Crippen LogP contribution in [-0.2, 0) is 0 Å². The summed E-state index contributed by atoms with van der Waals surface area (Å²) < 4.78 is 5.26. The molecule has 20 heavy (non-hydrogen) atoms. The van der Waals surface area contributed by atoms with Crippen LogP contribution in [0.15, 0.2) is 66.4 Å². The number of benzene rings is 2. The molecular formula is C17H17NO2. The smallest absolute Gasteiger partial charge is 0.187 e. The van der Waals surface area contributed by atoms with Crippen LogP contribution < -0.4 is 10.1 Å². The Labute approximate surface area is 118 Å². The minimum Gasteiger partial charge on any atom is -0.495 e. The highest BCUT2D eigenvalue weighted by molar-refractivity contribution is 6.05. The number of carbonyl (C=O) groups is 1. The Morgan fingerprint density at radius 1 is 1.05 bits per heavy atom. The number of methoxy groups -OCH3 is 1. The van der Waals surface area contributed by atoms with Gasteiger partial charge >= 0.3 is 0 Å². The Kier molecular flexibility index (Phi) is 4.56. The topological polar surface area (TPSA) is 38.3 Å². The summed E-state index contributed by atoms with van der Waals surface area (Å²) in [4.78, 5) is 12.1. The molecule has 0 amide bonds. The fourth-order valence-corrected chi connectivity index (χ4v) is 1.88. The fourth-order valence-electron chi connectivity index (χ4n) is 1.88. The van der Waals surface area contributed by atoms with Gasteiger partial charge in [0.05, 0.1) is 12.8 Å². The molecule has 3 nitrogen and oxygen atoms in total. The predicted molar refractivity (Wildman–Crippen MR) is 81.1 cm³/mol. The first-order chi connectivity index (χ1) is 9.70. The van der Waals surface area contributed by atoms with E-state index in [4.69, 9.17) is 4.74 Å². The van der Waals surface area contributed by atoms with Gasteiger partial charge in [-0.3, -0.25) is 4.79 Å². The van der Waals surface area contributed by atoms with Gasteiger partial charge in [-0.15, -0.1) is 0 Å². The summed E-state index contributed by atoms with van der Waals surface area (Å²) in [6.07, 6.45) is 1.59. The predicted octanol–water partition coefficient (Wildman–Crippen LogP) is 3.89. The fraction of sp³-hybridized carbons (Fsp3) is 0.118. The van der Waals surface area contributed by atoms with Crippen LogP contribution in [-0.4, -0.2) is 12.9 Å². The number of nitrogens with one attached hydrogen (secondary N) is 1. The van der Waals surface area contributed by atoms with Gasteiger partial charge in [-0.2, -0.15) is 0 Å². The van der Waals surface area contributed by atoms with Crippen molar-refractivity contribution in [2.24, 2.45) is 0 Å². The van der Waals surface area contributed by atoms with Crippen molar-refractivity contribution in [3.05, 3.63) is 71.9 Å². The summed E-state index contributed by atoms with van der Waals surface area (Å²) in [7, 11) is 1.62. The van der Waals surface area contributed by atoms with E-state index in [2.05, 4.69) is 5.32 Å². The molecule has 0 aromatic heterocycles. The zero-order valence-electron chi connectivity index (χ0n) is 11.6. The van der Waals surface area contributed by atoms with Gasteiger partial charge in [-0.25, -0.2) is 0 Å². The Morgan fingerprint density at radius 3 is 2.40 bits per heavy atom. The van der Waals surface area contributed by atoms with Crippen molar-refractivity contribution in [3.63, 3.8) is 0 Å². The van der Waals surface area contributed by atoms with Gasteiger partial charge < -0.3 is 10.1 Å². The number of carbonyl (C=O) groups excluding carboxylic acids is 1. The molecule has 0 fully saturated rings. The Bertz CT molecular complexity index is 618. The maximum atomic E-state index is 12.1. The number of allylic oxidation sites excluding steroid dienone is 2. The monoisotopic (exact) mass is 267 g/mol. The van der Waals surface area contributed by atoms with Crippen LogP contribution >= 0.6 is 0 Å². The Hall–Kier alpha value is -2.55. The van der Waals surface area contributed by atoms with Crippen LogP contribution in [0.1, 0.15) is 17.3 Å². The molecule has 102 valence electrons. The summed E-state index contributed by atoms with van der Waals surface area (Å²) in [6, 6.07) is 16.8. The molecule has 0 radical (unpaired) electrons. The summed E-state index contributed by atoms with van der Waals surface area (Å²) in [5.74, 6) is 0.720. The van der Waals surface area contributed by atoms with E-state index in [-0.39, 0.29) is 5.78 Å². The molecule has 3 heteroatoms. The van der Waals surface area contributed by atoms with Gasteiger partial charge in [0.25, 0.3) is 0 Å². The molecule has 0 heterocycles. The number of ether oxygens (including phenoxy) is 1. The van der Waals surface area contributed by atoms with Crippen molar-refractivity contribution >= 4 is 11.5 Å². The SMILES string of the molecule is COc1ccccc1N/C(C)=C\C(=O)c1ccccc1. The van der Waals surface area contributed by atoms with E-state index in [1.54, 1.807) is 25.3 Å². The van der Waals surface area contributed by atoms with E-state index in [9.17, 15) is 4.79 Å². The first-order valence-electron chi connectivity index (χ1n) is 6.38. The van der Waals surface area contributed by atoms with Crippen molar-refractivity contribution in [2.75, 3.05) is 12.4 Å². The molecule has 0 atom stereocenters. The maximum absolute atomic E-state index is 12.1. The first kappa shape index (κ1) is 13.9. The lowest BCUT2D eigenvalue weighted by molar-refractivity contribution is 0.104. The van der Waals surface area contributed by atoms with Gasteiger partial charge in [0, 0.05) is 17.3 Å². The molecule has 0 aliphatic rings. The lowest BCUT2D eigenvalue weighted by atomic mass is 10.1. The van der Waals surface area contributed by atoms with Gasteiger partial charge in [-0.1, -0.05) is 42.5 Å². The van der Waals surface area contributed by atoms with E-state index in [1.807, 2.05) is 49.4 Å². The number of para-hydroxylation sites is 2. The number of anilines is 1. The summed E-state index contributed by atoms with van der Waals surface area (Å²) in [6.45, 7) is 1.85. The second-order valence-corrected chi connectivity index (χ2v) is 4.38. The lowest BCUT2D eigenvalue weighted by Gasteiger charge is -2.10. The molecule has 2 aromatic rings. The molecule has 1 N–H and O–H groups in total. The quantitative estimate of drug-likeness (QED) is 0.659. The van der Waals surface area contributed by atoms with Gasteiger partial charge in [-0.05, 0) is 19.1 Å². The van der Waals surface area contributed by atoms with Gasteiger partial charge in [0.2, 0.25) is 0 Å². The molecular weight excluding hydrogens is 250 g/mol. The third-order valence-electron chi connectivity index (χ3n) is 2.84.